The summed E-state index contributed by atoms with van der Waals surface area (Å²) < 4.78 is 10.6. The van der Waals surface area contributed by atoms with Gasteiger partial charge in [-0.25, -0.2) is 4.79 Å². The second-order valence-corrected chi connectivity index (χ2v) is 6.87. The lowest BCUT2D eigenvalue weighted by Gasteiger charge is -2.15. The van der Waals surface area contributed by atoms with Crippen LogP contribution in [0, 0.1) is 11.3 Å². The van der Waals surface area contributed by atoms with E-state index in [1.165, 1.54) is 6.92 Å². The van der Waals surface area contributed by atoms with E-state index in [0.717, 1.165) is 11.1 Å². The maximum absolute atomic E-state index is 12.3. The van der Waals surface area contributed by atoms with E-state index >= 15 is 0 Å². The van der Waals surface area contributed by atoms with Crippen molar-refractivity contribution in [3.05, 3.63) is 95.6 Å². The quantitative estimate of drug-likeness (QED) is 0.561. The maximum Gasteiger partial charge on any atom is 0.347 e. The molecule has 0 aliphatic heterocycles. The largest absolute Gasteiger partial charge is 0.479 e. The zero-order valence-corrected chi connectivity index (χ0v) is 17.1. The highest BCUT2D eigenvalue weighted by Gasteiger charge is 2.18. The molecule has 3 rings (SSSR count). The predicted octanol–water partition coefficient (Wildman–Crippen LogP) is 4.10. The van der Waals surface area contributed by atoms with Crippen molar-refractivity contribution in [2.45, 2.75) is 19.4 Å². The summed E-state index contributed by atoms with van der Waals surface area (Å²) in [5.74, 6) is -0.653. The van der Waals surface area contributed by atoms with Crippen LogP contribution in [0.25, 0.3) is 0 Å². The highest BCUT2D eigenvalue weighted by molar-refractivity contribution is 5.93. The number of carbonyl (C=O) groups excluding carboxylic acids is 2. The van der Waals surface area contributed by atoms with Crippen molar-refractivity contribution < 1.29 is 19.1 Å². The molecule has 0 aromatic heterocycles. The molecule has 0 radical (unpaired) electrons. The molecule has 1 amide bonds. The lowest BCUT2D eigenvalue weighted by atomic mass is 10.0. The number of ether oxygens (including phenoxy) is 2. The Balaban J connectivity index is 1.51. The van der Waals surface area contributed by atoms with Crippen molar-refractivity contribution in [2.24, 2.45) is 0 Å². The summed E-state index contributed by atoms with van der Waals surface area (Å²) in [5, 5.41) is 11.6. The van der Waals surface area contributed by atoms with Crippen LogP contribution < -0.4 is 10.1 Å². The SMILES string of the molecule is C[C@H](Oc1ccc(C#N)cc1)C(=O)OCC(=O)Nc1ccccc1Cc1ccccc1. The molecule has 0 aliphatic rings. The van der Waals surface area contributed by atoms with Crippen LogP contribution in [0.3, 0.4) is 0 Å². The zero-order valence-electron chi connectivity index (χ0n) is 17.1. The van der Waals surface area contributed by atoms with E-state index in [0.29, 0.717) is 23.4 Å². The van der Waals surface area contributed by atoms with Crippen molar-refractivity contribution in [1.29, 1.82) is 5.26 Å². The Hall–Kier alpha value is -4.11. The van der Waals surface area contributed by atoms with Gasteiger partial charge in [0.2, 0.25) is 0 Å². The normalized spacial score (nSPS) is 11.1. The summed E-state index contributed by atoms with van der Waals surface area (Å²) in [6.07, 6.45) is -0.224. The molecule has 0 bridgehead atoms. The lowest BCUT2D eigenvalue weighted by Crippen LogP contribution is -2.29. The molecule has 0 saturated heterocycles. The number of nitriles is 1. The standard InChI is InChI=1S/C25H22N2O4/c1-18(31-22-13-11-20(16-26)12-14-22)25(29)30-17-24(28)27-23-10-6-5-9-21(23)15-19-7-3-2-4-8-19/h2-14,18H,15,17H2,1H3,(H,27,28)/t18-/m0/s1. The number of carbonyl (C=O) groups is 2. The van der Waals surface area contributed by atoms with Crippen LogP contribution in [0.1, 0.15) is 23.6 Å². The summed E-state index contributed by atoms with van der Waals surface area (Å²) in [7, 11) is 0. The van der Waals surface area contributed by atoms with E-state index in [-0.39, 0.29) is 0 Å². The minimum atomic E-state index is -0.897. The van der Waals surface area contributed by atoms with Crippen molar-refractivity contribution in [2.75, 3.05) is 11.9 Å². The molecular weight excluding hydrogens is 392 g/mol. The Bertz CT molecular complexity index is 1070. The van der Waals surface area contributed by atoms with Gasteiger partial charge in [-0.3, -0.25) is 4.79 Å². The number of benzene rings is 3. The molecule has 6 nitrogen and oxygen atoms in total. The molecule has 3 aromatic carbocycles. The lowest BCUT2D eigenvalue weighted by molar-refractivity contribution is -0.153. The average molecular weight is 414 g/mol. The van der Waals surface area contributed by atoms with Gasteiger partial charge >= 0.3 is 5.97 Å². The van der Waals surface area contributed by atoms with Gasteiger partial charge in [0.1, 0.15) is 5.75 Å². The molecule has 0 saturated carbocycles. The van der Waals surface area contributed by atoms with E-state index in [4.69, 9.17) is 14.7 Å². The fourth-order valence-corrected chi connectivity index (χ4v) is 2.91. The fourth-order valence-electron chi connectivity index (χ4n) is 2.91. The predicted molar refractivity (Wildman–Crippen MR) is 117 cm³/mol. The molecule has 0 unspecified atom stereocenters. The van der Waals surface area contributed by atoms with Gasteiger partial charge in [0.15, 0.2) is 12.7 Å². The summed E-state index contributed by atoms with van der Waals surface area (Å²) in [6.45, 7) is 1.12. The number of esters is 1. The molecule has 1 atom stereocenters. The number of amides is 1. The van der Waals surface area contributed by atoms with Crippen LogP contribution >= 0.6 is 0 Å². The van der Waals surface area contributed by atoms with Gasteiger partial charge in [-0.2, -0.15) is 5.26 Å². The molecular formula is C25H22N2O4. The summed E-state index contributed by atoms with van der Waals surface area (Å²) in [4.78, 5) is 24.5. The number of para-hydroxylation sites is 1. The van der Waals surface area contributed by atoms with E-state index in [2.05, 4.69) is 5.32 Å². The van der Waals surface area contributed by atoms with Gasteiger partial charge in [0, 0.05) is 5.69 Å². The molecule has 0 heterocycles. The Morgan fingerprint density at radius 2 is 1.65 bits per heavy atom. The summed E-state index contributed by atoms with van der Waals surface area (Å²) in [6, 6.07) is 25.8. The second-order valence-electron chi connectivity index (χ2n) is 6.87. The molecule has 31 heavy (non-hydrogen) atoms. The maximum atomic E-state index is 12.3. The minimum absolute atomic E-state index is 0.417. The highest BCUT2D eigenvalue weighted by atomic mass is 16.6. The van der Waals surface area contributed by atoms with Gasteiger partial charge in [-0.15, -0.1) is 0 Å². The molecule has 156 valence electrons. The smallest absolute Gasteiger partial charge is 0.347 e. The third-order valence-corrected chi connectivity index (χ3v) is 4.50. The highest BCUT2D eigenvalue weighted by Crippen LogP contribution is 2.19. The molecule has 3 aromatic rings. The first-order chi connectivity index (χ1) is 15.0. The van der Waals surface area contributed by atoms with Crippen LogP contribution in [-0.2, 0) is 20.7 Å². The van der Waals surface area contributed by atoms with Gasteiger partial charge < -0.3 is 14.8 Å². The monoisotopic (exact) mass is 414 g/mol. The van der Waals surface area contributed by atoms with Crippen molar-refractivity contribution in [3.63, 3.8) is 0 Å². The topological polar surface area (TPSA) is 88.4 Å². The first-order valence-corrected chi connectivity index (χ1v) is 9.80. The van der Waals surface area contributed by atoms with E-state index < -0.39 is 24.6 Å². The first kappa shape index (κ1) is 21.6. The molecule has 6 heteroatoms. The number of hydrogen-bond donors (Lipinski definition) is 1. The van der Waals surface area contributed by atoms with Crippen molar-refractivity contribution >= 4 is 17.6 Å². The summed E-state index contributed by atoms with van der Waals surface area (Å²) >= 11 is 0. The Kier molecular flexibility index (Phi) is 7.39. The third kappa shape index (κ3) is 6.44. The summed E-state index contributed by atoms with van der Waals surface area (Å²) in [5.41, 5.74) is 3.26. The number of anilines is 1. The first-order valence-electron chi connectivity index (χ1n) is 9.80. The van der Waals surface area contributed by atoms with Gasteiger partial charge in [-0.05, 0) is 54.8 Å². The van der Waals surface area contributed by atoms with Crippen LogP contribution in [0.2, 0.25) is 0 Å². The number of hydrogen-bond acceptors (Lipinski definition) is 5. The van der Waals surface area contributed by atoms with Crippen LogP contribution in [0.5, 0.6) is 5.75 Å². The van der Waals surface area contributed by atoms with Crippen molar-refractivity contribution in [3.8, 4) is 11.8 Å². The van der Waals surface area contributed by atoms with E-state index in [1.54, 1.807) is 24.3 Å². The number of rotatable bonds is 8. The van der Waals surface area contributed by atoms with Crippen LogP contribution in [0.4, 0.5) is 5.69 Å². The Morgan fingerprint density at radius 3 is 2.35 bits per heavy atom. The number of nitrogens with zero attached hydrogens (tertiary/aromatic N) is 1. The van der Waals surface area contributed by atoms with Crippen LogP contribution in [0.15, 0.2) is 78.9 Å². The molecule has 0 spiro atoms. The van der Waals surface area contributed by atoms with Gasteiger partial charge in [0.25, 0.3) is 5.91 Å². The third-order valence-electron chi connectivity index (χ3n) is 4.50. The van der Waals surface area contributed by atoms with Crippen LogP contribution in [-0.4, -0.2) is 24.6 Å². The van der Waals surface area contributed by atoms with E-state index in [1.807, 2.05) is 60.7 Å². The van der Waals surface area contributed by atoms with Gasteiger partial charge in [0.05, 0.1) is 11.6 Å². The van der Waals surface area contributed by atoms with Gasteiger partial charge in [-0.1, -0.05) is 48.5 Å². The number of nitrogens with one attached hydrogen (secondary N) is 1. The Labute approximate surface area is 181 Å². The Morgan fingerprint density at radius 1 is 0.968 bits per heavy atom. The zero-order chi connectivity index (χ0) is 22.1. The van der Waals surface area contributed by atoms with Crippen molar-refractivity contribution in [1.82, 2.24) is 0 Å². The molecule has 1 N–H and O–H groups in total. The molecule has 0 fully saturated rings. The minimum Gasteiger partial charge on any atom is -0.479 e. The average Bonchev–Trinajstić information content (AvgIpc) is 2.80. The second kappa shape index (κ2) is 10.6. The van der Waals surface area contributed by atoms with E-state index in [9.17, 15) is 9.59 Å². The molecule has 0 aliphatic carbocycles. The fraction of sp³-hybridized carbons (Fsp3) is 0.160.